The van der Waals surface area contributed by atoms with Crippen molar-refractivity contribution in [2.45, 2.75) is 270 Å². The second-order valence-electron chi connectivity index (χ2n) is 26.6. The van der Waals surface area contributed by atoms with E-state index in [0.717, 1.165) is 112 Å². The molecule has 348 valence electrons. The van der Waals surface area contributed by atoms with E-state index in [1.54, 1.807) is 238 Å². The van der Waals surface area contributed by atoms with Crippen molar-refractivity contribution in [1.82, 2.24) is 0 Å². The Morgan fingerprint density at radius 1 is 0.164 bits per heavy atom. The molecule has 10 fully saturated rings. The van der Waals surface area contributed by atoms with Crippen LogP contribution < -0.4 is 0 Å². The summed E-state index contributed by atoms with van der Waals surface area (Å²) in [6, 6.07) is 0. The van der Waals surface area contributed by atoms with E-state index >= 15 is 0 Å². The Morgan fingerprint density at radius 2 is 0.426 bits per heavy atom. The maximum atomic E-state index is 2.66. The topological polar surface area (TPSA) is 0 Å². The zero-order valence-corrected chi connectivity index (χ0v) is 41.0. The molecule has 0 radical (unpaired) electrons. The lowest BCUT2D eigenvalue weighted by Gasteiger charge is -2.53. The molecular formula is C61H104. The van der Waals surface area contributed by atoms with Crippen molar-refractivity contribution in [1.29, 1.82) is 0 Å². The molecular weight excluding hydrogens is 733 g/mol. The third kappa shape index (κ3) is 10.6. The molecule has 11 unspecified atom stereocenters. The van der Waals surface area contributed by atoms with Crippen molar-refractivity contribution in [2.24, 2.45) is 112 Å². The minimum absolute atomic E-state index is 1.01. The molecule has 61 heavy (non-hydrogen) atoms. The maximum Gasteiger partial charge on any atom is -0.0352 e. The first-order chi connectivity index (χ1) is 30.2. The van der Waals surface area contributed by atoms with Crippen LogP contribution in [0, 0.1) is 112 Å². The second kappa shape index (κ2) is 21.7. The molecule has 0 heterocycles. The normalized spacial score (nSPS) is 46.3. The first kappa shape index (κ1) is 44.8. The first-order valence-electron chi connectivity index (χ1n) is 30.2. The van der Waals surface area contributed by atoms with Crippen LogP contribution in [-0.4, -0.2) is 0 Å². The van der Waals surface area contributed by atoms with Gasteiger partial charge in [-0.05, 0) is 228 Å². The zero-order valence-electron chi connectivity index (χ0n) is 41.0. The summed E-state index contributed by atoms with van der Waals surface area (Å²) in [5, 5.41) is 0. The lowest BCUT2D eigenvalue weighted by atomic mass is 9.53. The van der Waals surface area contributed by atoms with Gasteiger partial charge in [0, 0.05) is 0 Å². The van der Waals surface area contributed by atoms with Crippen LogP contribution in [0.15, 0.2) is 0 Å². The third-order valence-electron chi connectivity index (χ3n) is 24.0. The summed E-state index contributed by atoms with van der Waals surface area (Å²) >= 11 is 0. The summed E-state index contributed by atoms with van der Waals surface area (Å²) in [5.41, 5.74) is 0. The lowest BCUT2D eigenvalue weighted by Crippen LogP contribution is -2.43. The maximum absolute atomic E-state index is 2.66. The number of hydrogen-bond acceptors (Lipinski definition) is 0. The summed E-state index contributed by atoms with van der Waals surface area (Å²) in [5.74, 6) is 20.8. The summed E-state index contributed by atoms with van der Waals surface area (Å²) in [7, 11) is 0. The van der Waals surface area contributed by atoms with Crippen molar-refractivity contribution in [2.75, 3.05) is 0 Å². The van der Waals surface area contributed by atoms with Crippen molar-refractivity contribution in [3.05, 3.63) is 0 Å². The Morgan fingerprint density at radius 3 is 0.885 bits per heavy atom. The number of hydrogen-bond donors (Lipinski definition) is 0. The molecule has 0 nitrogen and oxygen atoms in total. The molecule has 0 aromatic carbocycles. The summed E-state index contributed by atoms with van der Waals surface area (Å²) in [4.78, 5) is 0. The van der Waals surface area contributed by atoms with Crippen molar-refractivity contribution in [3.63, 3.8) is 0 Å². The molecule has 10 rings (SSSR count). The molecule has 0 spiro atoms. The largest absolute Gasteiger partial charge is 0.0622 e. The van der Waals surface area contributed by atoms with E-state index in [0.29, 0.717) is 0 Å². The highest BCUT2D eigenvalue weighted by Gasteiger charge is 2.48. The van der Waals surface area contributed by atoms with Crippen LogP contribution in [0.1, 0.15) is 270 Å². The van der Waals surface area contributed by atoms with Crippen molar-refractivity contribution >= 4 is 0 Å². The summed E-state index contributed by atoms with van der Waals surface area (Å²) < 4.78 is 0. The van der Waals surface area contributed by atoms with Crippen LogP contribution in [0.3, 0.4) is 0 Å². The Kier molecular flexibility index (Phi) is 16.0. The molecule has 0 amide bonds. The zero-order chi connectivity index (χ0) is 41.0. The molecule has 0 bridgehead atoms. The molecule has 0 aromatic rings. The van der Waals surface area contributed by atoms with Crippen molar-refractivity contribution < 1.29 is 0 Å². The smallest absolute Gasteiger partial charge is 0.0352 e. The Balaban J connectivity index is 0.768. The van der Waals surface area contributed by atoms with Crippen LogP contribution in [0.5, 0.6) is 0 Å². The van der Waals surface area contributed by atoms with Gasteiger partial charge >= 0.3 is 0 Å². The molecule has 0 heteroatoms. The van der Waals surface area contributed by atoms with E-state index < -0.39 is 0 Å². The van der Waals surface area contributed by atoms with Gasteiger partial charge in [-0.3, -0.25) is 0 Å². The van der Waals surface area contributed by atoms with Crippen LogP contribution in [0.4, 0.5) is 0 Å². The molecule has 0 aromatic heterocycles. The minimum Gasteiger partial charge on any atom is -0.0622 e. The van der Waals surface area contributed by atoms with E-state index in [4.69, 9.17) is 0 Å². The fraction of sp³-hybridized carbons (Fsp3) is 1.00. The van der Waals surface area contributed by atoms with E-state index in [9.17, 15) is 0 Å². The predicted octanol–water partition coefficient (Wildman–Crippen LogP) is 18.8. The van der Waals surface area contributed by atoms with E-state index in [2.05, 4.69) is 6.92 Å². The molecule has 0 N–H and O–H groups in total. The van der Waals surface area contributed by atoms with Gasteiger partial charge in [0.15, 0.2) is 0 Å². The van der Waals surface area contributed by atoms with Crippen LogP contribution >= 0.6 is 0 Å². The fourth-order valence-corrected chi connectivity index (χ4v) is 20.8. The molecule has 10 aliphatic rings. The highest BCUT2D eigenvalue weighted by Crippen LogP contribution is 2.58. The van der Waals surface area contributed by atoms with Gasteiger partial charge in [-0.15, -0.1) is 0 Å². The van der Waals surface area contributed by atoms with Gasteiger partial charge in [0.2, 0.25) is 0 Å². The average molecular weight is 838 g/mol. The van der Waals surface area contributed by atoms with Crippen molar-refractivity contribution in [3.8, 4) is 0 Å². The third-order valence-corrected chi connectivity index (χ3v) is 24.0. The Hall–Kier alpha value is 0. The van der Waals surface area contributed by atoms with Crippen LogP contribution in [0.25, 0.3) is 0 Å². The predicted molar refractivity (Wildman–Crippen MR) is 261 cm³/mol. The van der Waals surface area contributed by atoms with E-state index in [1.807, 2.05) is 0 Å². The van der Waals surface area contributed by atoms with Gasteiger partial charge in [-0.25, -0.2) is 0 Å². The summed E-state index contributed by atoms with van der Waals surface area (Å²) in [6.45, 7) is 2.66. The average Bonchev–Trinajstić information content (AvgIpc) is 3.35. The minimum atomic E-state index is 1.01. The molecule has 11 atom stereocenters. The first-order valence-corrected chi connectivity index (χ1v) is 30.2. The second-order valence-corrected chi connectivity index (χ2v) is 26.6. The van der Waals surface area contributed by atoms with Crippen LogP contribution in [0.2, 0.25) is 0 Å². The summed E-state index contributed by atoms with van der Waals surface area (Å²) in [6.07, 6.45) is 65.4. The monoisotopic (exact) mass is 837 g/mol. The highest BCUT2D eigenvalue weighted by atomic mass is 14.5. The number of rotatable bonds is 9. The van der Waals surface area contributed by atoms with Gasteiger partial charge in [0.05, 0.1) is 0 Å². The lowest BCUT2D eigenvalue weighted by molar-refractivity contribution is -0.0268. The van der Waals surface area contributed by atoms with Gasteiger partial charge in [0.25, 0.3) is 0 Å². The molecule has 10 saturated carbocycles. The quantitative estimate of drug-likeness (QED) is 0.217. The molecule has 10 aliphatic carbocycles. The fourth-order valence-electron chi connectivity index (χ4n) is 20.8. The van der Waals surface area contributed by atoms with E-state index in [-0.39, 0.29) is 0 Å². The van der Waals surface area contributed by atoms with Gasteiger partial charge in [-0.2, -0.15) is 0 Å². The van der Waals surface area contributed by atoms with Gasteiger partial charge in [0.1, 0.15) is 0 Å². The standard InChI is InChI=1S/C61H104/c1-43-26-27-52(40-59(43)47-18-8-3-9-19-47)44-30-34-51(35-31-44)57-39-37-54(42-61(57)49-22-12-5-13-23-49)58-38-36-53(41-60(58)48-20-10-4-11-21-48)45-28-32-50(33-29-45)56-25-15-14-24-55(56)46-16-6-2-7-17-46/h43-61H,2-42H2,1H3. The molecule has 0 aliphatic heterocycles. The Labute approximate surface area is 381 Å². The van der Waals surface area contributed by atoms with Crippen LogP contribution in [-0.2, 0) is 0 Å². The Bertz CT molecular complexity index is 1260. The highest BCUT2D eigenvalue weighted by molar-refractivity contribution is 4.99. The van der Waals surface area contributed by atoms with Gasteiger partial charge in [-0.1, -0.05) is 155 Å². The SMILES string of the molecule is CC1CCC(C2CCC(C3CCC(C4CCC(C5CCC(C6CCCCC6C6CCCCC6)CC5)CC4C4CCCCC4)CC3C3CCCCC3)CC2)CC1C1CCCCC1. The molecule has 0 saturated heterocycles. The van der Waals surface area contributed by atoms with E-state index in [1.165, 1.54) is 25.7 Å². The van der Waals surface area contributed by atoms with Gasteiger partial charge < -0.3 is 0 Å².